The number of fused-ring (bicyclic) bond motifs is 3. The Bertz CT molecular complexity index is 822. The number of rotatable bonds is 5. The Hall–Kier alpha value is -1.98. The van der Waals surface area contributed by atoms with Crippen molar-refractivity contribution in [2.45, 2.75) is 39.0 Å². The van der Waals surface area contributed by atoms with Crippen LogP contribution in [0.2, 0.25) is 0 Å². The smallest absolute Gasteiger partial charge is 0.136 e. The van der Waals surface area contributed by atoms with Gasteiger partial charge < -0.3 is 14.0 Å². The quantitative estimate of drug-likeness (QED) is 0.725. The molecule has 1 atom stereocenters. The fourth-order valence-electron chi connectivity index (χ4n) is 3.30. The maximum absolute atomic E-state index is 5.84. The lowest BCUT2D eigenvalue weighted by atomic mass is 10.2. The van der Waals surface area contributed by atoms with Gasteiger partial charge in [-0.05, 0) is 25.8 Å². The van der Waals surface area contributed by atoms with Crippen molar-refractivity contribution >= 4 is 21.9 Å². The number of imidazole rings is 1. The summed E-state index contributed by atoms with van der Waals surface area (Å²) >= 11 is 0. The van der Waals surface area contributed by atoms with E-state index < -0.39 is 0 Å². The summed E-state index contributed by atoms with van der Waals surface area (Å²) in [5.74, 6) is 0.954. The van der Waals surface area contributed by atoms with Gasteiger partial charge in [0.25, 0.3) is 0 Å². The van der Waals surface area contributed by atoms with Crippen molar-refractivity contribution in [3.8, 4) is 0 Å². The standard InChI is InChI=1S/C18H21N3O2/c1-2-22-12-17-20-16-10-19-15-8-4-3-7-14(15)18(16)21(17)11-13-6-5-9-23-13/h3-4,7-8,10,13H,2,5-6,9,11-12H2,1H3. The van der Waals surface area contributed by atoms with Crippen LogP contribution < -0.4 is 0 Å². The zero-order valence-corrected chi connectivity index (χ0v) is 13.4. The minimum Gasteiger partial charge on any atom is -0.376 e. The molecule has 1 fully saturated rings. The van der Waals surface area contributed by atoms with Crippen molar-refractivity contribution in [2.75, 3.05) is 13.2 Å². The summed E-state index contributed by atoms with van der Waals surface area (Å²) in [6.45, 7) is 4.89. The van der Waals surface area contributed by atoms with Gasteiger partial charge in [-0.2, -0.15) is 0 Å². The Morgan fingerprint density at radius 3 is 3.04 bits per heavy atom. The van der Waals surface area contributed by atoms with Crippen LogP contribution >= 0.6 is 0 Å². The molecule has 0 spiro atoms. The van der Waals surface area contributed by atoms with Gasteiger partial charge in [-0.1, -0.05) is 18.2 Å². The molecular formula is C18H21N3O2. The van der Waals surface area contributed by atoms with E-state index in [1.54, 1.807) is 0 Å². The average molecular weight is 311 g/mol. The fourth-order valence-corrected chi connectivity index (χ4v) is 3.30. The maximum atomic E-state index is 5.84. The monoisotopic (exact) mass is 311 g/mol. The first-order valence-corrected chi connectivity index (χ1v) is 8.29. The van der Waals surface area contributed by atoms with Crippen molar-refractivity contribution < 1.29 is 9.47 Å². The second-order valence-corrected chi connectivity index (χ2v) is 5.92. The van der Waals surface area contributed by atoms with E-state index in [-0.39, 0.29) is 6.10 Å². The Morgan fingerprint density at radius 1 is 1.30 bits per heavy atom. The third kappa shape index (κ3) is 2.71. The molecule has 4 rings (SSSR count). The van der Waals surface area contributed by atoms with Crippen LogP contribution in [0.15, 0.2) is 30.5 Å². The van der Waals surface area contributed by atoms with E-state index in [4.69, 9.17) is 14.5 Å². The summed E-state index contributed by atoms with van der Waals surface area (Å²) in [5.41, 5.74) is 3.06. The van der Waals surface area contributed by atoms with Crippen molar-refractivity contribution in [1.29, 1.82) is 0 Å². The number of nitrogens with zero attached hydrogens (tertiary/aromatic N) is 3. The molecule has 23 heavy (non-hydrogen) atoms. The zero-order chi connectivity index (χ0) is 15.6. The molecular weight excluding hydrogens is 290 g/mol. The molecule has 3 aromatic rings. The molecule has 0 saturated carbocycles. The SMILES string of the molecule is CCOCc1nc2cnc3ccccc3c2n1CC1CCCO1. The molecule has 0 amide bonds. The minimum atomic E-state index is 0.264. The largest absolute Gasteiger partial charge is 0.376 e. The van der Waals surface area contributed by atoms with Crippen LogP contribution in [-0.4, -0.2) is 33.9 Å². The summed E-state index contributed by atoms with van der Waals surface area (Å²) in [7, 11) is 0. The molecule has 120 valence electrons. The van der Waals surface area contributed by atoms with Crippen LogP contribution in [-0.2, 0) is 22.6 Å². The highest BCUT2D eigenvalue weighted by molar-refractivity contribution is 6.02. The Labute approximate surface area is 135 Å². The normalized spacial score (nSPS) is 18.2. The molecule has 1 saturated heterocycles. The third-order valence-electron chi connectivity index (χ3n) is 4.40. The van der Waals surface area contributed by atoms with Crippen molar-refractivity contribution in [3.05, 3.63) is 36.3 Å². The fraction of sp³-hybridized carbons (Fsp3) is 0.444. The lowest BCUT2D eigenvalue weighted by Gasteiger charge is -2.15. The molecule has 1 aliphatic rings. The van der Waals surface area contributed by atoms with E-state index in [2.05, 4.69) is 21.7 Å². The number of pyridine rings is 1. The van der Waals surface area contributed by atoms with Gasteiger partial charge in [-0.25, -0.2) is 4.98 Å². The average Bonchev–Trinajstić information content (AvgIpc) is 3.21. The lowest BCUT2D eigenvalue weighted by molar-refractivity contribution is 0.0914. The molecule has 2 aromatic heterocycles. The first-order valence-electron chi connectivity index (χ1n) is 8.29. The van der Waals surface area contributed by atoms with Gasteiger partial charge in [-0.3, -0.25) is 4.98 Å². The van der Waals surface area contributed by atoms with Gasteiger partial charge in [0.1, 0.15) is 17.9 Å². The molecule has 5 nitrogen and oxygen atoms in total. The van der Waals surface area contributed by atoms with Gasteiger partial charge >= 0.3 is 0 Å². The summed E-state index contributed by atoms with van der Waals surface area (Å²) < 4.78 is 13.7. The third-order valence-corrected chi connectivity index (χ3v) is 4.40. The van der Waals surface area contributed by atoms with E-state index in [9.17, 15) is 0 Å². The number of aromatic nitrogens is 3. The summed E-state index contributed by atoms with van der Waals surface area (Å²) in [5, 5.41) is 1.14. The highest BCUT2D eigenvalue weighted by Gasteiger charge is 2.21. The van der Waals surface area contributed by atoms with E-state index in [1.165, 1.54) is 0 Å². The topological polar surface area (TPSA) is 49.2 Å². The van der Waals surface area contributed by atoms with Crippen LogP contribution in [0.1, 0.15) is 25.6 Å². The molecule has 3 heterocycles. The minimum absolute atomic E-state index is 0.264. The predicted molar refractivity (Wildman–Crippen MR) is 89.3 cm³/mol. The number of benzene rings is 1. The van der Waals surface area contributed by atoms with Crippen molar-refractivity contribution in [2.24, 2.45) is 0 Å². The number of hydrogen-bond acceptors (Lipinski definition) is 4. The maximum Gasteiger partial charge on any atom is 0.136 e. The molecule has 0 bridgehead atoms. The first kappa shape index (κ1) is 14.6. The Morgan fingerprint density at radius 2 is 2.22 bits per heavy atom. The van der Waals surface area contributed by atoms with E-state index >= 15 is 0 Å². The predicted octanol–water partition coefficient (Wildman–Crippen LogP) is 3.30. The molecule has 1 aliphatic heterocycles. The molecule has 1 aromatic carbocycles. The van der Waals surface area contributed by atoms with E-state index in [1.807, 2.05) is 25.3 Å². The van der Waals surface area contributed by atoms with E-state index in [0.29, 0.717) is 13.2 Å². The summed E-state index contributed by atoms with van der Waals surface area (Å²) in [6, 6.07) is 8.22. The van der Waals surface area contributed by atoms with Gasteiger partial charge in [0, 0.05) is 18.6 Å². The van der Waals surface area contributed by atoms with Gasteiger partial charge in [0.2, 0.25) is 0 Å². The lowest BCUT2D eigenvalue weighted by Crippen LogP contribution is -2.17. The van der Waals surface area contributed by atoms with Crippen LogP contribution in [0, 0.1) is 0 Å². The van der Waals surface area contributed by atoms with Crippen LogP contribution in [0.4, 0.5) is 0 Å². The molecule has 5 heteroatoms. The highest BCUT2D eigenvalue weighted by atomic mass is 16.5. The second kappa shape index (κ2) is 6.26. The van der Waals surface area contributed by atoms with Gasteiger partial charge in [0.05, 0.1) is 29.9 Å². The van der Waals surface area contributed by atoms with Crippen LogP contribution in [0.3, 0.4) is 0 Å². The number of ether oxygens (including phenoxy) is 2. The van der Waals surface area contributed by atoms with Crippen LogP contribution in [0.25, 0.3) is 21.9 Å². The van der Waals surface area contributed by atoms with Gasteiger partial charge in [0.15, 0.2) is 0 Å². The molecule has 0 aliphatic carbocycles. The number of hydrogen-bond donors (Lipinski definition) is 0. The Balaban J connectivity index is 1.87. The van der Waals surface area contributed by atoms with Crippen LogP contribution in [0.5, 0.6) is 0 Å². The van der Waals surface area contributed by atoms with Crippen molar-refractivity contribution in [3.63, 3.8) is 0 Å². The Kier molecular flexibility index (Phi) is 3.97. The van der Waals surface area contributed by atoms with Crippen molar-refractivity contribution in [1.82, 2.24) is 14.5 Å². The molecule has 0 N–H and O–H groups in total. The van der Waals surface area contributed by atoms with E-state index in [0.717, 1.165) is 53.8 Å². The summed E-state index contributed by atoms with van der Waals surface area (Å²) in [6.07, 6.45) is 4.37. The molecule has 1 unspecified atom stereocenters. The first-order chi connectivity index (χ1) is 11.4. The number of para-hydroxylation sites is 1. The zero-order valence-electron chi connectivity index (χ0n) is 13.4. The highest BCUT2D eigenvalue weighted by Crippen LogP contribution is 2.27. The summed E-state index contributed by atoms with van der Waals surface area (Å²) in [4.78, 5) is 9.29. The molecule has 0 radical (unpaired) electrons. The second-order valence-electron chi connectivity index (χ2n) is 5.92. The van der Waals surface area contributed by atoms with Gasteiger partial charge in [-0.15, -0.1) is 0 Å².